The van der Waals surface area contributed by atoms with Crippen LogP contribution in [-0.2, 0) is 0 Å². The molecule has 23 heavy (non-hydrogen) atoms. The maximum atomic E-state index is 12.3. The van der Waals surface area contributed by atoms with E-state index in [1.165, 1.54) is 11.3 Å². The minimum atomic E-state index is -0.240. The molecule has 0 saturated carbocycles. The molecular weight excluding hydrogens is 312 g/mol. The number of carbonyl (C=O) groups is 2. The molecule has 2 rings (SSSR count). The fourth-order valence-electron chi connectivity index (χ4n) is 2.06. The zero-order chi connectivity index (χ0) is 16.7. The van der Waals surface area contributed by atoms with Crippen LogP contribution in [0.3, 0.4) is 0 Å². The maximum absolute atomic E-state index is 12.3. The quantitative estimate of drug-likeness (QED) is 0.729. The molecule has 1 unspecified atom stereocenters. The van der Waals surface area contributed by atoms with Crippen molar-refractivity contribution in [3.63, 3.8) is 0 Å². The van der Waals surface area contributed by atoms with Gasteiger partial charge in [0.1, 0.15) is 0 Å². The van der Waals surface area contributed by atoms with Crippen LogP contribution in [0.15, 0.2) is 41.1 Å². The number of benzene rings is 1. The Labute approximate surface area is 139 Å². The summed E-state index contributed by atoms with van der Waals surface area (Å²) in [4.78, 5) is 24.5. The number of hydrogen-bond acceptors (Lipinski definition) is 4. The molecule has 0 aliphatic carbocycles. The average molecular weight is 332 g/mol. The lowest BCUT2D eigenvalue weighted by Crippen LogP contribution is -2.29. The molecule has 1 aromatic heterocycles. The predicted octanol–water partition coefficient (Wildman–Crippen LogP) is 2.75. The van der Waals surface area contributed by atoms with E-state index in [1.807, 2.05) is 12.3 Å². The zero-order valence-electron chi connectivity index (χ0n) is 12.9. The van der Waals surface area contributed by atoms with Crippen molar-refractivity contribution in [1.29, 1.82) is 0 Å². The number of para-hydroxylation sites is 1. The van der Waals surface area contributed by atoms with Crippen LogP contribution in [0, 0.1) is 5.92 Å². The van der Waals surface area contributed by atoms with Gasteiger partial charge in [-0.15, -0.1) is 0 Å². The Morgan fingerprint density at radius 2 is 2.00 bits per heavy atom. The molecule has 0 aliphatic heterocycles. The largest absolute Gasteiger partial charge is 0.396 e. The molecule has 0 bridgehead atoms. The van der Waals surface area contributed by atoms with E-state index in [1.54, 1.807) is 35.7 Å². The Hall–Kier alpha value is -2.18. The van der Waals surface area contributed by atoms with Gasteiger partial charge in [-0.05, 0) is 35.9 Å². The summed E-state index contributed by atoms with van der Waals surface area (Å²) in [5.74, 6) is -0.285. The molecule has 2 aromatic rings. The third-order valence-corrected chi connectivity index (χ3v) is 4.12. The molecule has 0 fully saturated rings. The number of anilines is 1. The molecule has 2 amide bonds. The third kappa shape index (κ3) is 4.91. The average Bonchev–Trinajstić information content (AvgIpc) is 3.08. The number of aliphatic hydroxyl groups excluding tert-OH is 1. The SMILES string of the molecule is CC(CCO)CNC(=O)c1ccccc1NC(=O)c1ccsc1. The first-order valence-electron chi connectivity index (χ1n) is 7.43. The van der Waals surface area contributed by atoms with Gasteiger partial charge in [0.15, 0.2) is 0 Å². The number of carbonyl (C=O) groups excluding carboxylic acids is 2. The molecule has 5 nitrogen and oxygen atoms in total. The Bertz CT molecular complexity index is 656. The first kappa shape index (κ1) is 17.2. The number of nitrogens with one attached hydrogen (secondary N) is 2. The van der Waals surface area contributed by atoms with Gasteiger partial charge < -0.3 is 15.7 Å². The van der Waals surface area contributed by atoms with E-state index >= 15 is 0 Å². The number of amides is 2. The van der Waals surface area contributed by atoms with E-state index in [0.717, 1.165) is 0 Å². The molecule has 1 heterocycles. The van der Waals surface area contributed by atoms with E-state index in [9.17, 15) is 9.59 Å². The fourth-order valence-corrected chi connectivity index (χ4v) is 2.70. The molecule has 0 spiro atoms. The zero-order valence-corrected chi connectivity index (χ0v) is 13.7. The molecule has 0 radical (unpaired) electrons. The minimum Gasteiger partial charge on any atom is -0.396 e. The summed E-state index contributed by atoms with van der Waals surface area (Å²) in [6.07, 6.45) is 0.636. The van der Waals surface area contributed by atoms with Crippen LogP contribution in [0.5, 0.6) is 0 Å². The van der Waals surface area contributed by atoms with Gasteiger partial charge in [0.25, 0.3) is 11.8 Å². The highest BCUT2D eigenvalue weighted by molar-refractivity contribution is 7.08. The summed E-state index contributed by atoms with van der Waals surface area (Å²) in [6.45, 7) is 2.54. The topological polar surface area (TPSA) is 78.4 Å². The molecule has 0 aliphatic rings. The van der Waals surface area contributed by atoms with Gasteiger partial charge in [-0.2, -0.15) is 11.3 Å². The van der Waals surface area contributed by atoms with Crippen LogP contribution in [-0.4, -0.2) is 30.1 Å². The highest BCUT2D eigenvalue weighted by Crippen LogP contribution is 2.17. The van der Waals surface area contributed by atoms with Crippen molar-refractivity contribution >= 4 is 28.8 Å². The smallest absolute Gasteiger partial charge is 0.256 e. The number of aliphatic hydroxyl groups is 1. The van der Waals surface area contributed by atoms with Gasteiger partial charge in [0, 0.05) is 18.5 Å². The van der Waals surface area contributed by atoms with Crippen molar-refractivity contribution in [3.8, 4) is 0 Å². The Morgan fingerprint density at radius 1 is 1.22 bits per heavy atom. The van der Waals surface area contributed by atoms with Gasteiger partial charge in [-0.25, -0.2) is 0 Å². The van der Waals surface area contributed by atoms with Crippen LogP contribution < -0.4 is 10.6 Å². The second-order valence-electron chi connectivity index (χ2n) is 5.34. The van der Waals surface area contributed by atoms with Gasteiger partial charge in [0.05, 0.1) is 16.8 Å². The van der Waals surface area contributed by atoms with Crippen molar-refractivity contribution in [2.24, 2.45) is 5.92 Å². The number of thiophene rings is 1. The van der Waals surface area contributed by atoms with Crippen LogP contribution in [0.2, 0.25) is 0 Å². The predicted molar refractivity (Wildman–Crippen MR) is 91.9 cm³/mol. The Morgan fingerprint density at radius 3 is 2.70 bits per heavy atom. The normalized spacial score (nSPS) is 11.7. The van der Waals surface area contributed by atoms with Crippen molar-refractivity contribution in [2.75, 3.05) is 18.5 Å². The molecule has 3 N–H and O–H groups in total. The van der Waals surface area contributed by atoms with Crippen molar-refractivity contribution in [1.82, 2.24) is 5.32 Å². The lowest BCUT2D eigenvalue weighted by molar-refractivity contribution is 0.0946. The van der Waals surface area contributed by atoms with Crippen LogP contribution >= 0.6 is 11.3 Å². The van der Waals surface area contributed by atoms with Gasteiger partial charge in [-0.3, -0.25) is 9.59 Å². The first-order valence-corrected chi connectivity index (χ1v) is 8.37. The van der Waals surface area contributed by atoms with Crippen molar-refractivity contribution < 1.29 is 14.7 Å². The highest BCUT2D eigenvalue weighted by atomic mass is 32.1. The van der Waals surface area contributed by atoms with Gasteiger partial charge in [-0.1, -0.05) is 19.1 Å². The maximum Gasteiger partial charge on any atom is 0.256 e. The second kappa shape index (κ2) is 8.45. The molecule has 122 valence electrons. The summed E-state index contributed by atoms with van der Waals surface area (Å²) in [6, 6.07) is 8.64. The third-order valence-electron chi connectivity index (χ3n) is 3.44. The van der Waals surface area contributed by atoms with E-state index in [0.29, 0.717) is 29.8 Å². The van der Waals surface area contributed by atoms with Crippen molar-refractivity contribution in [2.45, 2.75) is 13.3 Å². The van der Waals surface area contributed by atoms with Gasteiger partial charge >= 0.3 is 0 Å². The summed E-state index contributed by atoms with van der Waals surface area (Å²) in [5, 5.41) is 18.1. The van der Waals surface area contributed by atoms with Gasteiger partial charge in [0.2, 0.25) is 0 Å². The summed E-state index contributed by atoms with van der Waals surface area (Å²) < 4.78 is 0. The summed E-state index contributed by atoms with van der Waals surface area (Å²) in [5.41, 5.74) is 1.48. The Kier molecular flexibility index (Phi) is 6.31. The van der Waals surface area contributed by atoms with Crippen LogP contribution in [0.1, 0.15) is 34.1 Å². The fraction of sp³-hybridized carbons (Fsp3) is 0.294. The lowest BCUT2D eigenvalue weighted by Gasteiger charge is -2.13. The van der Waals surface area contributed by atoms with E-state index in [-0.39, 0.29) is 24.3 Å². The van der Waals surface area contributed by atoms with Crippen LogP contribution in [0.25, 0.3) is 0 Å². The number of rotatable bonds is 7. The molecule has 6 heteroatoms. The van der Waals surface area contributed by atoms with Crippen molar-refractivity contribution in [3.05, 3.63) is 52.2 Å². The molecular formula is C17H20N2O3S. The second-order valence-corrected chi connectivity index (χ2v) is 6.12. The van der Waals surface area contributed by atoms with E-state index in [2.05, 4.69) is 10.6 Å². The molecule has 0 saturated heterocycles. The monoisotopic (exact) mass is 332 g/mol. The molecule has 1 aromatic carbocycles. The lowest BCUT2D eigenvalue weighted by atomic mass is 10.1. The summed E-state index contributed by atoms with van der Waals surface area (Å²) in [7, 11) is 0. The highest BCUT2D eigenvalue weighted by Gasteiger charge is 2.14. The summed E-state index contributed by atoms with van der Waals surface area (Å²) >= 11 is 1.44. The van der Waals surface area contributed by atoms with Crippen LogP contribution in [0.4, 0.5) is 5.69 Å². The standard InChI is InChI=1S/C17H20N2O3S/c1-12(6-8-20)10-18-17(22)14-4-2-3-5-15(14)19-16(21)13-7-9-23-11-13/h2-5,7,9,11-12,20H,6,8,10H2,1H3,(H,18,22)(H,19,21). The minimum absolute atomic E-state index is 0.102. The van der Waals surface area contributed by atoms with E-state index < -0.39 is 0 Å². The number of hydrogen-bond donors (Lipinski definition) is 3. The Balaban J connectivity index is 2.05. The molecule has 1 atom stereocenters. The van der Waals surface area contributed by atoms with E-state index in [4.69, 9.17) is 5.11 Å². The first-order chi connectivity index (χ1) is 11.1.